The van der Waals surface area contributed by atoms with Crippen molar-refractivity contribution in [2.24, 2.45) is 7.05 Å². The van der Waals surface area contributed by atoms with Gasteiger partial charge in [-0.1, -0.05) is 6.07 Å². The van der Waals surface area contributed by atoms with Crippen molar-refractivity contribution in [2.45, 2.75) is 20.4 Å². The van der Waals surface area contributed by atoms with Crippen molar-refractivity contribution in [3.05, 3.63) is 59.3 Å². The van der Waals surface area contributed by atoms with E-state index < -0.39 is 0 Å². The van der Waals surface area contributed by atoms with Gasteiger partial charge in [0, 0.05) is 53.2 Å². The first kappa shape index (κ1) is 14.3. The van der Waals surface area contributed by atoms with E-state index >= 15 is 0 Å². The van der Waals surface area contributed by atoms with Crippen molar-refractivity contribution in [3.8, 4) is 0 Å². The van der Waals surface area contributed by atoms with Crippen molar-refractivity contribution >= 4 is 16.8 Å². The molecular formula is C17H18N4O. The summed E-state index contributed by atoms with van der Waals surface area (Å²) in [4.78, 5) is 20.9. The maximum Gasteiger partial charge on any atom is 0.252 e. The van der Waals surface area contributed by atoms with Crippen LogP contribution in [0.2, 0.25) is 0 Å². The number of aromatic nitrogens is 3. The first-order valence-electron chi connectivity index (χ1n) is 7.17. The maximum absolute atomic E-state index is 12.5. The fraction of sp³-hybridized carbons (Fsp3) is 0.235. The summed E-state index contributed by atoms with van der Waals surface area (Å²) in [7, 11) is 1.97. The van der Waals surface area contributed by atoms with E-state index in [2.05, 4.69) is 15.3 Å². The highest BCUT2D eigenvalue weighted by Gasteiger charge is 2.12. The topological polar surface area (TPSA) is 59.8 Å². The number of benzene rings is 1. The minimum Gasteiger partial charge on any atom is -0.351 e. The van der Waals surface area contributed by atoms with Gasteiger partial charge in [0.2, 0.25) is 0 Å². The van der Waals surface area contributed by atoms with E-state index in [1.54, 1.807) is 6.33 Å². The number of rotatable bonds is 3. The smallest absolute Gasteiger partial charge is 0.252 e. The monoisotopic (exact) mass is 294 g/mol. The fourth-order valence-corrected chi connectivity index (χ4v) is 2.64. The predicted molar refractivity (Wildman–Crippen MR) is 85.6 cm³/mol. The van der Waals surface area contributed by atoms with Crippen LogP contribution in [0, 0.1) is 13.8 Å². The second kappa shape index (κ2) is 5.60. The van der Waals surface area contributed by atoms with Gasteiger partial charge in [0.1, 0.15) is 6.33 Å². The summed E-state index contributed by atoms with van der Waals surface area (Å²) >= 11 is 0. The third-order valence-electron chi connectivity index (χ3n) is 3.97. The lowest BCUT2D eigenvalue weighted by molar-refractivity contribution is 0.0952. The van der Waals surface area contributed by atoms with Crippen LogP contribution >= 0.6 is 0 Å². The molecule has 5 nitrogen and oxygen atoms in total. The van der Waals surface area contributed by atoms with Crippen LogP contribution in [0.3, 0.4) is 0 Å². The molecule has 1 aromatic carbocycles. The summed E-state index contributed by atoms with van der Waals surface area (Å²) < 4.78 is 2.01. The second-order valence-electron chi connectivity index (χ2n) is 5.37. The summed E-state index contributed by atoms with van der Waals surface area (Å²) in [6.45, 7) is 4.28. The molecule has 112 valence electrons. The van der Waals surface area contributed by atoms with Gasteiger partial charge in [-0.3, -0.25) is 4.79 Å². The highest BCUT2D eigenvalue weighted by Crippen LogP contribution is 2.19. The molecule has 0 fully saturated rings. The number of hydrogen-bond acceptors (Lipinski definition) is 3. The Morgan fingerprint density at radius 3 is 2.64 bits per heavy atom. The average Bonchev–Trinajstić information content (AvgIpc) is 2.88. The first-order chi connectivity index (χ1) is 10.6. The molecule has 0 saturated carbocycles. The number of carbonyl (C=O) groups excluding carboxylic acids is 1. The number of nitrogens with one attached hydrogen (secondary N) is 1. The molecule has 3 aromatic rings. The van der Waals surface area contributed by atoms with E-state index in [9.17, 15) is 4.79 Å². The lowest BCUT2D eigenvalue weighted by Crippen LogP contribution is -2.24. The van der Waals surface area contributed by atoms with Gasteiger partial charge in [0.25, 0.3) is 5.91 Å². The molecule has 1 N–H and O–H groups in total. The molecule has 0 atom stereocenters. The Kier molecular flexibility index (Phi) is 3.63. The van der Waals surface area contributed by atoms with E-state index in [0.717, 1.165) is 27.9 Å². The standard InChI is InChI=1S/C17H18N4O/c1-11-15(12(2)20-10-19-11)9-18-17(22)14-5-4-6-16-13(14)7-8-21(16)3/h4-8,10H,9H2,1-3H3,(H,18,22). The molecule has 0 spiro atoms. The zero-order chi connectivity index (χ0) is 15.7. The molecule has 0 radical (unpaired) electrons. The van der Waals surface area contributed by atoms with Gasteiger partial charge >= 0.3 is 0 Å². The molecule has 0 aliphatic heterocycles. The van der Waals surface area contributed by atoms with Crippen molar-refractivity contribution in [1.29, 1.82) is 0 Å². The molecule has 3 rings (SSSR count). The highest BCUT2D eigenvalue weighted by molar-refractivity contribution is 6.06. The molecule has 0 unspecified atom stereocenters. The van der Waals surface area contributed by atoms with Gasteiger partial charge in [-0.05, 0) is 32.0 Å². The molecule has 5 heteroatoms. The minimum atomic E-state index is -0.0838. The Morgan fingerprint density at radius 2 is 1.91 bits per heavy atom. The molecule has 0 saturated heterocycles. The van der Waals surface area contributed by atoms with E-state index in [4.69, 9.17) is 0 Å². The van der Waals surface area contributed by atoms with Crippen LogP contribution in [0.25, 0.3) is 10.9 Å². The van der Waals surface area contributed by atoms with Crippen LogP contribution < -0.4 is 5.32 Å². The molecule has 2 aromatic heterocycles. The van der Waals surface area contributed by atoms with E-state index in [1.165, 1.54) is 0 Å². The second-order valence-corrected chi connectivity index (χ2v) is 5.37. The lowest BCUT2D eigenvalue weighted by atomic mass is 10.1. The molecule has 0 aliphatic rings. The first-order valence-corrected chi connectivity index (χ1v) is 7.17. The van der Waals surface area contributed by atoms with Gasteiger partial charge < -0.3 is 9.88 Å². The summed E-state index contributed by atoms with van der Waals surface area (Å²) in [5, 5.41) is 3.93. The van der Waals surface area contributed by atoms with Crippen molar-refractivity contribution in [2.75, 3.05) is 0 Å². The molecule has 2 heterocycles. The number of nitrogens with zero attached hydrogens (tertiary/aromatic N) is 3. The van der Waals surface area contributed by atoms with Crippen LogP contribution in [0.4, 0.5) is 0 Å². The van der Waals surface area contributed by atoms with Gasteiger partial charge in [0.15, 0.2) is 0 Å². The van der Waals surface area contributed by atoms with Gasteiger partial charge in [-0.25, -0.2) is 9.97 Å². The van der Waals surface area contributed by atoms with Crippen LogP contribution in [0.5, 0.6) is 0 Å². The Bertz CT molecular complexity index is 831. The number of carbonyl (C=O) groups is 1. The van der Waals surface area contributed by atoms with E-state index in [0.29, 0.717) is 12.1 Å². The van der Waals surface area contributed by atoms with Crippen molar-refractivity contribution in [3.63, 3.8) is 0 Å². The minimum absolute atomic E-state index is 0.0838. The van der Waals surface area contributed by atoms with E-state index in [1.807, 2.05) is 55.9 Å². The number of fused-ring (bicyclic) bond motifs is 1. The predicted octanol–water partition coefficient (Wildman–Crippen LogP) is 2.52. The molecule has 22 heavy (non-hydrogen) atoms. The van der Waals surface area contributed by atoms with Crippen molar-refractivity contribution in [1.82, 2.24) is 19.9 Å². The summed E-state index contributed by atoms with van der Waals surface area (Å²) in [5.41, 5.74) is 4.49. The summed E-state index contributed by atoms with van der Waals surface area (Å²) in [5.74, 6) is -0.0838. The van der Waals surface area contributed by atoms with Crippen LogP contribution in [-0.2, 0) is 13.6 Å². The Balaban J connectivity index is 1.85. The zero-order valence-electron chi connectivity index (χ0n) is 12.9. The van der Waals surface area contributed by atoms with Gasteiger partial charge in [0.05, 0.1) is 0 Å². The summed E-state index contributed by atoms with van der Waals surface area (Å²) in [6.07, 6.45) is 3.50. The number of aryl methyl sites for hydroxylation is 3. The van der Waals surface area contributed by atoms with Gasteiger partial charge in [-0.15, -0.1) is 0 Å². The number of hydrogen-bond donors (Lipinski definition) is 1. The van der Waals surface area contributed by atoms with Crippen LogP contribution in [0.15, 0.2) is 36.8 Å². The SMILES string of the molecule is Cc1ncnc(C)c1CNC(=O)c1cccc2c1ccn2C. The molecule has 0 aliphatic carbocycles. The van der Waals surface area contributed by atoms with E-state index in [-0.39, 0.29) is 5.91 Å². The summed E-state index contributed by atoms with van der Waals surface area (Å²) in [6, 6.07) is 7.72. The molecule has 1 amide bonds. The Hall–Kier alpha value is -2.69. The van der Waals surface area contributed by atoms with Crippen molar-refractivity contribution < 1.29 is 4.79 Å². The Labute approximate surface area is 129 Å². The number of amides is 1. The quantitative estimate of drug-likeness (QED) is 0.807. The molecular weight excluding hydrogens is 276 g/mol. The maximum atomic E-state index is 12.5. The van der Waals surface area contributed by atoms with Gasteiger partial charge in [-0.2, -0.15) is 0 Å². The highest BCUT2D eigenvalue weighted by atomic mass is 16.1. The Morgan fingerprint density at radius 1 is 1.18 bits per heavy atom. The van der Waals surface area contributed by atoms with Crippen LogP contribution in [0.1, 0.15) is 27.3 Å². The fourth-order valence-electron chi connectivity index (χ4n) is 2.64. The molecule has 0 bridgehead atoms. The van der Waals surface area contributed by atoms with Crippen LogP contribution in [-0.4, -0.2) is 20.4 Å². The average molecular weight is 294 g/mol. The zero-order valence-corrected chi connectivity index (χ0v) is 12.9. The third kappa shape index (κ3) is 2.45. The third-order valence-corrected chi connectivity index (χ3v) is 3.97. The largest absolute Gasteiger partial charge is 0.351 e. The lowest BCUT2D eigenvalue weighted by Gasteiger charge is -2.10. The normalized spacial score (nSPS) is 10.9.